The summed E-state index contributed by atoms with van der Waals surface area (Å²) in [5.74, 6) is 1.27. The highest BCUT2D eigenvalue weighted by Gasteiger charge is 2.14. The average molecular weight is 362 g/mol. The zero-order chi connectivity index (χ0) is 15.7. The SMILES string of the molecule is CCOCC(O)COc1c(Br)cc(CNC)cc1OCC. The molecule has 6 heteroatoms. The molecule has 1 unspecified atom stereocenters. The fourth-order valence-corrected chi connectivity index (χ4v) is 2.42. The minimum atomic E-state index is -0.664. The second-order valence-electron chi connectivity index (χ2n) is 4.49. The number of hydrogen-bond donors (Lipinski definition) is 2. The molecule has 2 N–H and O–H groups in total. The van der Waals surface area contributed by atoms with E-state index in [1.807, 2.05) is 33.0 Å². The van der Waals surface area contributed by atoms with Gasteiger partial charge >= 0.3 is 0 Å². The number of aliphatic hydroxyl groups excluding tert-OH is 1. The fourth-order valence-electron chi connectivity index (χ4n) is 1.81. The third-order valence-corrected chi connectivity index (χ3v) is 3.27. The summed E-state index contributed by atoms with van der Waals surface area (Å²) in [4.78, 5) is 0. The van der Waals surface area contributed by atoms with E-state index in [1.54, 1.807) is 0 Å². The van der Waals surface area contributed by atoms with Crippen molar-refractivity contribution in [2.24, 2.45) is 0 Å². The number of hydrogen-bond acceptors (Lipinski definition) is 5. The third-order valence-electron chi connectivity index (χ3n) is 2.68. The van der Waals surface area contributed by atoms with Gasteiger partial charge in [-0.3, -0.25) is 0 Å². The molecule has 0 aliphatic carbocycles. The number of ether oxygens (including phenoxy) is 3. The first-order valence-electron chi connectivity index (χ1n) is 7.10. The van der Waals surface area contributed by atoms with Crippen molar-refractivity contribution in [2.75, 3.05) is 33.5 Å². The zero-order valence-electron chi connectivity index (χ0n) is 12.8. The Balaban J connectivity index is 2.79. The number of benzene rings is 1. The van der Waals surface area contributed by atoms with Gasteiger partial charge in [0.15, 0.2) is 11.5 Å². The molecule has 0 spiro atoms. The predicted octanol–water partition coefficient (Wildman–Crippen LogP) is 2.34. The average Bonchev–Trinajstić information content (AvgIpc) is 2.45. The minimum Gasteiger partial charge on any atom is -0.490 e. The maximum Gasteiger partial charge on any atom is 0.175 e. The molecule has 0 amide bonds. The Morgan fingerprint density at radius 3 is 2.57 bits per heavy atom. The highest BCUT2D eigenvalue weighted by Crippen LogP contribution is 2.37. The van der Waals surface area contributed by atoms with Gasteiger partial charge in [0, 0.05) is 13.2 Å². The lowest BCUT2D eigenvalue weighted by Gasteiger charge is -2.17. The van der Waals surface area contributed by atoms with Crippen LogP contribution < -0.4 is 14.8 Å². The second kappa shape index (κ2) is 10.00. The van der Waals surface area contributed by atoms with E-state index in [1.165, 1.54) is 0 Å². The van der Waals surface area contributed by atoms with E-state index >= 15 is 0 Å². The molecule has 0 aliphatic heterocycles. The van der Waals surface area contributed by atoms with Gasteiger partial charge in [-0.15, -0.1) is 0 Å². The number of nitrogens with one attached hydrogen (secondary N) is 1. The van der Waals surface area contributed by atoms with Crippen LogP contribution in [0, 0.1) is 0 Å². The van der Waals surface area contributed by atoms with Gasteiger partial charge < -0.3 is 24.6 Å². The predicted molar refractivity (Wildman–Crippen MR) is 86.1 cm³/mol. The van der Waals surface area contributed by atoms with Crippen molar-refractivity contribution in [3.63, 3.8) is 0 Å². The van der Waals surface area contributed by atoms with Crippen LogP contribution >= 0.6 is 15.9 Å². The molecule has 21 heavy (non-hydrogen) atoms. The smallest absolute Gasteiger partial charge is 0.175 e. The molecule has 1 rings (SSSR count). The number of halogens is 1. The summed E-state index contributed by atoms with van der Waals surface area (Å²) in [5, 5.41) is 12.9. The molecule has 0 saturated carbocycles. The van der Waals surface area contributed by atoms with Gasteiger partial charge in [-0.2, -0.15) is 0 Å². The molecule has 0 aromatic heterocycles. The zero-order valence-corrected chi connectivity index (χ0v) is 14.4. The summed E-state index contributed by atoms with van der Waals surface area (Å²) in [5.41, 5.74) is 1.09. The van der Waals surface area contributed by atoms with Gasteiger partial charge in [0.2, 0.25) is 0 Å². The molecule has 0 bridgehead atoms. The Morgan fingerprint density at radius 1 is 1.19 bits per heavy atom. The van der Waals surface area contributed by atoms with E-state index in [9.17, 15) is 5.11 Å². The van der Waals surface area contributed by atoms with Crippen LogP contribution in [0.5, 0.6) is 11.5 Å². The largest absolute Gasteiger partial charge is 0.490 e. The Kier molecular flexibility index (Phi) is 8.68. The van der Waals surface area contributed by atoms with Gasteiger partial charge in [0.25, 0.3) is 0 Å². The van der Waals surface area contributed by atoms with Crippen LogP contribution in [0.15, 0.2) is 16.6 Å². The summed E-state index contributed by atoms with van der Waals surface area (Å²) in [6, 6.07) is 3.91. The number of aliphatic hydroxyl groups is 1. The van der Waals surface area contributed by atoms with Crippen LogP contribution in [-0.2, 0) is 11.3 Å². The summed E-state index contributed by atoms with van der Waals surface area (Å²) in [6.07, 6.45) is -0.664. The van der Waals surface area contributed by atoms with Gasteiger partial charge in [-0.25, -0.2) is 0 Å². The van der Waals surface area contributed by atoms with Gasteiger partial charge in [-0.05, 0) is 54.5 Å². The second-order valence-corrected chi connectivity index (χ2v) is 5.35. The van der Waals surface area contributed by atoms with Crippen molar-refractivity contribution in [3.05, 3.63) is 22.2 Å². The van der Waals surface area contributed by atoms with Crippen molar-refractivity contribution >= 4 is 15.9 Å². The Hall–Kier alpha value is -0.820. The van der Waals surface area contributed by atoms with Crippen LogP contribution in [0.4, 0.5) is 0 Å². The van der Waals surface area contributed by atoms with Crippen molar-refractivity contribution in [1.82, 2.24) is 5.32 Å². The van der Waals surface area contributed by atoms with E-state index in [-0.39, 0.29) is 13.2 Å². The van der Waals surface area contributed by atoms with Crippen molar-refractivity contribution in [2.45, 2.75) is 26.5 Å². The lowest BCUT2D eigenvalue weighted by Crippen LogP contribution is -2.23. The van der Waals surface area contributed by atoms with Gasteiger partial charge in [0.05, 0.1) is 17.7 Å². The maximum atomic E-state index is 9.78. The Bertz CT molecular complexity index is 428. The minimum absolute atomic E-state index is 0.157. The molecule has 0 aliphatic rings. The first-order valence-corrected chi connectivity index (χ1v) is 7.90. The topological polar surface area (TPSA) is 60.0 Å². The van der Waals surface area contributed by atoms with Crippen LogP contribution in [-0.4, -0.2) is 44.7 Å². The molecular formula is C15H24BrNO4. The molecule has 0 heterocycles. The first kappa shape index (κ1) is 18.2. The third kappa shape index (κ3) is 6.22. The lowest BCUT2D eigenvalue weighted by molar-refractivity contribution is 0.0157. The highest BCUT2D eigenvalue weighted by molar-refractivity contribution is 9.10. The molecule has 0 fully saturated rings. The van der Waals surface area contributed by atoms with Crippen LogP contribution in [0.3, 0.4) is 0 Å². The summed E-state index contributed by atoms with van der Waals surface area (Å²) >= 11 is 3.50. The molecule has 1 aromatic rings. The van der Waals surface area contributed by atoms with Crippen LogP contribution in [0.25, 0.3) is 0 Å². The monoisotopic (exact) mass is 361 g/mol. The first-order chi connectivity index (χ1) is 10.1. The normalized spacial score (nSPS) is 12.2. The fraction of sp³-hybridized carbons (Fsp3) is 0.600. The molecule has 0 radical (unpaired) electrons. The maximum absolute atomic E-state index is 9.78. The van der Waals surface area contributed by atoms with Gasteiger partial charge in [0.1, 0.15) is 12.7 Å². The lowest BCUT2D eigenvalue weighted by atomic mass is 10.2. The standard InChI is InChI=1S/C15H24BrNO4/c1-4-19-9-12(18)10-21-15-13(16)6-11(8-17-3)7-14(15)20-5-2/h6-7,12,17-18H,4-5,8-10H2,1-3H3. The highest BCUT2D eigenvalue weighted by atomic mass is 79.9. The molecular weight excluding hydrogens is 338 g/mol. The van der Waals surface area contributed by atoms with E-state index in [0.717, 1.165) is 16.6 Å². The Labute approximate surface area is 134 Å². The number of rotatable bonds is 10. The summed E-state index contributed by atoms with van der Waals surface area (Å²) in [7, 11) is 1.89. The van der Waals surface area contributed by atoms with Gasteiger partial charge in [-0.1, -0.05) is 0 Å². The summed E-state index contributed by atoms with van der Waals surface area (Å²) in [6.45, 7) is 6.09. The Morgan fingerprint density at radius 2 is 1.95 bits per heavy atom. The van der Waals surface area contributed by atoms with Crippen LogP contribution in [0.2, 0.25) is 0 Å². The molecule has 1 atom stereocenters. The van der Waals surface area contributed by atoms with E-state index in [2.05, 4.69) is 21.2 Å². The molecule has 1 aromatic carbocycles. The summed E-state index contributed by atoms with van der Waals surface area (Å²) < 4.78 is 17.3. The molecule has 120 valence electrons. The van der Waals surface area contributed by atoms with E-state index < -0.39 is 6.10 Å². The van der Waals surface area contributed by atoms with Crippen LogP contribution in [0.1, 0.15) is 19.4 Å². The van der Waals surface area contributed by atoms with Crippen molar-refractivity contribution in [3.8, 4) is 11.5 Å². The molecule has 5 nitrogen and oxygen atoms in total. The van der Waals surface area contributed by atoms with E-state index in [4.69, 9.17) is 14.2 Å². The van der Waals surface area contributed by atoms with Crippen molar-refractivity contribution in [1.29, 1.82) is 0 Å². The quantitative estimate of drug-likeness (QED) is 0.669. The molecule has 0 saturated heterocycles. The van der Waals surface area contributed by atoms with Crippen molar-refractivity contribution < 1.29 is 19.3 Å². The van der Waals surface area contributed by atoms with E-state index in [0.29, 0.717) is 24.7 Å².